The molecule has 5 nitrogen and oxygen atoms in total. The molecule has 0 spiro atoms. The maximum atomic E-state index is 10.8. The van der Waals surface area contributed by atoms with Crippen LogP contribution in [-0.4, -0.2) is 18.5 Å². The van der Waals surface area contributed by atoms with Crippen molar-refractivity contribution in [1.82, 2.24) is 0 Å². The summed E-state index contributed by atoms with van der Waals surface area (Å²) in [6.45, 7) is 0.428. The Morgan fingerprint density at radius 1 is 1.62 bits per heavy atom. The molecule has 6 heteroatoms. The van der Waals surface area contributed by atoms with Crippen LogP contribution in [0.15, 0.2) is 18.2 Å². The number of nitro benzene ring substituents is 1. The summed E-state index contributed by atoms with van der Waals surface area (Å²) >= 11 is 5.79. The standard InChI is InChI=1S/C10H10ClN3O2/c1-13(6-2-5-12)10-7-8(11)3-4-9(10)14(15)16/h3-4,7H,2,6H2,1H3. The van der Waals surface area contributed by atoms with E-state index >= 15 is 0 Å². The Morgan fingerprint density at radius 2 is 2.31 bits per heavy atom. The molecule has 0 aliphatic carbocycles. The highest BCUT2D eigenvalue weighted by Gasteiger charge is 2.16. The van der Waals surface area contributed by atoms with Crippen LogP contribution in [0.2, 0.25) is 5.02 Å². The summed E-state index contributed by atoms with van der Waals surface area (Å²) in [4.78, 5) is 12.0. The van der Waals surface area contributed by atoms with Crippen LogP contribution in [0.5, 0.6) is 0 Å². The third-order valence-corrected chi connectivity index (χ3v) is 2.34. The van der Waals surface area contributed by atoms with Gasteiger partial charge in [-0.15, -0.1) is 0 Å². The predicted molar refractivity (Wildman–Crippen MR) is 61.6 cm³/mol. The van der Waals surface area contributed by atoms with Crippen LogP contribution in [0.1, 0.15) is 6.42 Å². The van der Waals surface area contributed by atoms with Gasteiger partial charge in [-0.25, -0.2) is 0 Å². The van der Waals surface area contributed by atoms with Crippen molar-refractivity contribution in [2.45, 2.75) is 6.42 Å². The first kappa shape index (κ1) is 12.3. The molecule has 0 radical (unpaired) electrons. The molecule has 0 bridgehead atoms. The molecule has 16 heavy (non-hydrogen) atoms. The zero-order valence-corrected chi connectivity index (χ0v) is 9.44. The van der Waals surface area contributed by atoms with Crippen molar-refractivity contribution in [3.05, 3.63) is 33.3 Å². The first-order chi connectivity index (χ1) is 7.56. The lowest BCUT2D eigenvalue weighted by molar-refractivity contribution is -0.384. The monoisotopic (exact) mass is 239 g/mol. The minimum Gasteiger partial charge on any atom is -0.368 e. The van der Waals surface area contributed by atoms with Crippen molar-refractivity contribution < 1.29 is 4.92 Å². The lowest BCUT2D eigenvalue weighted by Gasteiger charge is -2.17. The maximum Gasteiger partial charge on any atom is 0.292 e. The highest BCUT2D eigenvalue weighted by atomic mass is 35.5. The summed E-state index contributed by atoms with van der Waals surface area (Å²) in [6, 6.07) is 6.35. The number of benzene rings is 1. The summed E-state index contributed by atoms with van der Waals surface area (Å²) in [6.07, 6.45) is 0.306. The summed E-state index contributed by atoms with van der Waals surface area (Å²) in [5, 5.41) is 19.7. The molecule has 1 aromatic rings. The third-order valence-electron chi connectivity index (χ3n) is 2.10. The topological polar surface area (TPSA) is 70.2 Å². The van der Waals surface area contributed by atoms with Gasteiger partial charge in [0.2, 0.25) is 0 Å². The van der Waals surface area contributed by atoms with E-state index in [4.69, 9.17) is 16.9 Å². The Balaban J connectivity index is 3.05. The minimum atomic E-state index is -0.464. The van der Waals surface area contributed by atoms with Crippen LogP contribution >= 0.6 is 11.6 Å². The van der Waals surface area contributed by atoms with Crippen molar-refractivity contribution in [3.63, 3.8) is 0 Å². The van der Waals surface area contributed by atoms with Gasteiger partial charge >= 0.3 is 0 Å². The van der Waals surface area contributed by atoms with Crippen molar-refractivity contribution in [3.8, 4) is 6.07 Å². The van der Waals surface area contributed by atoms with E-state index in [1.165, 1.54) is 18.2 Å². The molecule has 0 N–H and O–H groups in total. The maximum absolute atomic E-state index is 10.8. The minimum absolute atomic E-state index is 0.00941. The fourth-order valence-corrected chi connectivity index (χ4v) is 1.46. The molecule has 1 aromatic carbocycles. The Morgan fingerprint density at radius 3 is 2.88 bits per heavy atom. The fraction of sp³-hybridized carbons (Fsp3) is 0.300. The van der Waals surface area contributed by atoms with E-state index in [2.05, 4.69) is 0 Å². The lowest BCUT2D eigenvalue weighted by Crippen LogP contribution is -2.19. The molecule has 0 atom stereocenters. The second-order valence-electron chi connectivity index (χ2n) is 3.22. The molecular formula is C10H10ClN3O2. The lowest BCUT2D eigenvalue weighted by atomic mass is 10.2. The summed E-state index contributed by atoms with van der Waals surface area (Å²) in [7, 11) is 1.69. The molecule has 0 unspecified atom stereocenters. The largest absolute Gasteiger partial charge is 0.368 e. The van der Waals surface area contributed by atoms with Gasteiger partial charge in [-0.2, -0.15) is 5.26 Å². The van der Waals surface area contributed by atoms with Crippen molar-refractivity contribution >= 4 is 23.0 Å². The molecule has 0 fully saturated rings. The number of anilines is 1. The number of halogens is 1. The Kier molecular flexibility index (Phi) is 4.09. The van der Waals surface area contributed by atoms with Crippen molar-refractivity contribution in [2.24, 2.45) is 0 Å². The van der Waals surface area contributed by atoms with E-state index in [0.717, 1.165) is 0 Å². The molecule has 0 aliphatic rings. The summed E-state index contributed by atoms with van der Waals surface area (Å²) in [5.41, 5.74) is 0.414. The third kappa shape index (κ3) is 2.84. The van der Waals surface area contributed by atoms with E-state index in [0.29, 0.717) is 23.7 Å². The number of rotatable bonds is 4. The second-order valence-corrected chi connectivity index (χ2v) is 3.66. The molecule has 84 valence electrons. The number of hydrogen-bond acceptors (Lipinski definition) is 4. The number of nitrogens with zero attached hydrogens (tertiary/aromatic N) is 3. The van der Waals surface area contributed by atoms with Crippen LogP contribution in [0.25, 0.3) is 0 Å². The Bertz CT molecular complexity index is 442. The van der Waals surface area contributed by atoms with Crippen LogP contribution in [0.4, 0.5) is 11.4 Å². The summed E-state index contributed by atoms with van der Waals surface area (Å²) < 4.78 is 0. The Hall–Kier alpha value is -1.80. The Labute approximate surface area is 98.0 Å². The quantitative estimate of drug-likeness (QED) is 0.598. The van der Waals surface area contributed by atoms with Crippen molar-refractivity contribution in [2.75, 3.05) is 18.5 Å². The zero-order chi connectivity index (χ0) is 12.1. The van der Waals surface area contributed by atoms with Gasteiger partial charge in [-0.05, 0) is 12.1 Å². The van der Waals surface area contributed by atoms with Gasteiger partial charge in [0.05, 0.1) is 17.4 Å². The normalized spacial score (nSPS) is 9.56. The van der Waals surface area contributed by atoms with Gasteiger partial charge < -0.3 is 4.90 Å². The smallest absolute Gasteiger partial charge is 0.292 e. The highest BCUT2D eigenvalue weighted by molar-refractivity contribution is 6.31. The van der Waals surface area contributed by atoms with Gasteiger partial charge in [0.15, 0.2) is 0 Å². The number of nitriles is 1. The second kappa shape index (κ2) is 5.33. The van der Waals surface area contributed by atoms with Gasteiger partial charge in [0, 0.05) is 24.7 Å². The first-order valence-corrected chi connectivity index (χ1v) is 4.96. The molecule has 0 amide bonds. The zero-order valence-electron chi connectivity index (χ0n) is 8.68. The molecular weight excluding hydrogens is 230 g/mol. The molecule has 0 aromatic heterocycles. The average Bonchev–Trinajstić information content (AvgIpc) is 2.25. The average molecular weight is 240 g/mol. The predicted octanol–water partition coefficient (Wildman–Crippen LogP) is 2.60. The van der Waals surface area contributed by atoms with Crippen LogP contribution in [0, 0.1) is 21.4 Å². The SMILES string of the molecule is CN(CCC#N)c1cc(Cl)ccc1[N+](=O)[O-]. The van der Waals surface area contributed by atoms with E-state index < -0.39 is 4.92 Å². The highest BCUT2D eigenvalue weighted by Crippen LogP contribution is 2.30. The fourth-order valence-electron chi connectivity index (χ4n) is 1.29. The first-order valence-electron chi connectivity index (χ1n) is 4.58. The van der Waals surface area contributed by atoms with Gasteiger partial charge in [0.25, 0.3) is 5.69 Å². The van der Waals surface area contributed by atoms with Crippen molar-refractivity contribution in [1.29, 1.82) is 5.26 Å². The van der Waals surface area contributed by atoms with Gasteiger partial charge in [-0.1, -0.05) is 11.6 Å². The van der Waals surface area contributed by atoms with E-state index in [1.54, 1.807) is 11.9 Å². The number of hydrogen-bond donors (Lipinski definition) is 0. The number of nitro groups is 1. The van der Waals surface area contributed by atoms with E-state index in [-0.39, 0.29) is 5.69 Å². The summed E-state index contributed by atoms with van der Waals surface area (Å²) in [5.74, 6) is 0. The van der Waals surface area contributed by atoms with Crippen LogP contribution in [-0.2, 0) is 0 Å². The van der Waals surface area contributed by atoms with Gasteiger partial charge in [-0.3, -0.25) is 10.1 Å². The van der Waals surface area contributed by atoms with Gasteiger partial charge in [0.1, 0.15) is 5.69 Å². The molecule has 0 saturated heterocycles. The molecule has 1 rings (SSSR count). The van der Waals surface area contributed by atoms with Crippen LogP contribution < -0.4 is 4.90 Å². The van der Waals surface area contributed by atoms with E-state index in [1.807, 2.05) is 6.07 Å². The molecule has 0 heterocycles. The van der Waals surface area contributed by atoms with Crippen LogP contribution in [0.3, 0.4) is 0 Å². The van der Waals surface area contributed by atoms with E-state index in [9.17, 15) is 10.1 Å². The molecule has 0 saturated carbocycles. The molecule has 0 aliphatic heterocycles.